The number of ether oxygens (including phenoxy) is 1. The molecule has 0 aliphatic heterocycles. The summed E-state index contributed by atoms with van der Waals surface area (Å²) in [6.45, 7) is 3.52. The van der Waals surface area contributed by atoms with Crippen LogP contribution in [-0.2, 0) is 0 Å². The number of rotatable bonds is 6. The van der Waals surface area contributed by atoms with Crippen molar-refractivity contribution >= 4 is 11.5 Å². The van der Waals surface area contributed by atoms with E-state index in [9.17, 15) is 0 Å². The highest BCUT2D eigenvalue weighted by molar-refractivity contribution is 5.60. The Morgan fingerprint density at radius 2 is 1.95 bits per heavy atom. The van der Waals surface area contributed by atoms with Gasteiger partial charge in [-0.15, -0.1) is 0 Å². The molecule has 5 heteroatoms. The largest absolute Gasteiger partial charge is 0.481 e. The minimum atomic E-state index is 0.555. The van der Waals surface area contributed by atoms with Crippen LogP contribution in [0.3, 0.4) is 0 Å². The van der Waals surface area contributed by atoms with E-state index in [-0.39, 0.29) is 0 Å². The van der Waals surface area contributed by atoms with Crippen molar-refractivity contribution in [3.05, 3.63) is 42.2 Å². The maximum atomic E-state index is 5.63. The van der Waals surface area contributed by atoms with Crippen LogP contribution in [0.2, 0.25) is 0 Å². The summed E-state index contributed by atoms with van der Waals surface area (Å²) in [5.74, 6) is 1.37. The Hall–Kier alpha value is -2.14. The minimum Gasteiger partial charge on any atom is -0.481 e. The number of nitrogens with two attached hydrogens (primary N) is 1. The van der Waals surface area contributed by atoms with Gasteiger partial charge < -0.3 is 15.4 Å². The third-order valence-corrected chi connectivity index (χ3v) is 3.04. The zero-order valence-electron chi connectivity index (χ0n) is 11.9. The van der Waals surface area contributed by atoms with Gasteiger partial charge in [-0.05, 0) is 32.0 Å². The van der Waals surface area contributed by atoms with Crippen molar-refractivity contribution in [2.45, 2.75) is 13.3 Å². The van der Waals surface area contributed by atoms with E-state index in [1.54, 1.807) is 7.11 Å². The minimum absolute atomic E-state index is 0.555. The molecule has 0 bridgehead atoms. The normalized spacial score (nSPS) is 10.3. The smallest absolute Gasteiger partial charge is 0.218 e. The standard InChI is InChI=1S/C15H20N4O/c1-12-4-6-13(7-5-12)19(9-3-8-16)14-10-15(20-2)18-11-17-14/h4-7,10-11H,3,8-9,16H2,1-2H3. The van der Waals surface area contributed by atoms with E-state index >= 15 is 0 Å². The fourth-order valence-electron chi connectivity index (χ4n) is 1.94. The van der Waals surface area contributed by atoms with E-state index in [1.807, 2.05) is 6.07 Å². The van der Waals surface area contributed by atoms with Crippen LogP contribution in [-0.4, -0.2) is 30.2 Å². The number of aryl methyl sites for hydroxylation is 1. The number of nitrogens with zero attached hydrogens (tertiary/aromatic N) is 3. The van der Waals surface area contributed by atoms with Crippen molar-refractivity contribution in [1.29, 1.82) is 0 Å². The summed E-state index contributed by atoms with van der Waals surface area (Å²) in [6.07, 6.45) is 2.40. The lowest BCUT2D eigenvalue weighted by Gasteiger charge is -2.24. The van der Waals surface area contributed by atoms with Crippen LogP contribution in [0.4, 0.5) is 11.5 Å². The van der Waals surface area contributed by atoms with Crippen LogP contribution in [0.25, 0.3) is 0 Å². The molecule has 0 atom stereocenters. The topological polar surface area (TPSA) is 64.3 Å². The molecule has 106 valence electrons. The Balaban J connectivity index is 2.32. The van der Waals surface area contributed by atoms with Crippen molar-refractivity contribution < 1.29 is 4.74 Å². The Morgan fingerprint density at radius 3 is 2.60 bits per heavy atom. The third-order valence-electron chi connectivity index (χ3n) is 3.04. The van der Waals surface area contributed by atoms with Gasteiger partial charge in [-0.25, -0.2) is 9.97 Å². The number of methoxy groups -OCH3 is 1. The van der Waals surface area contributed by atoms with Crippen LogP contribution in [0.1, 0.15) is 12.0 Å². The van der Waals surface area contributed by atoms with E-state index in [0.29, 0.717) is 12.4 Å². The Labute approximate surface area is 119 Å². The number of hydrogen-bond acceptors (Lipinski definition) is 5. The second-order valence-corrected chi connectivity index (χ2v) is 4.55. The van der Waals surface area contributed by atoms with Crippen molar-refractivity contribution in [1.82, 2.24) is 9.97 Å². The van der Waals surface area contributed by atoms with E-state index in [4.69, 9.17) is 10.5 Å². The molecule has 5 nitrogen and oxygen atoms in total. The molecular formula is C15H20N4O. The van der Waals surface area contributed by atoms with Gasteiger partial charge in [0.2, 0.25) is 5.88 Å². The quantitative estimate of drug-likeness (QED) is 0.874. The van der Waals surface area contributed by atoms with Gasteiger partial charge in [0.25, 0.3) is 0 Å². The van der Waals surface area contributed by atoms with Crippen LogP contribution in [0.5, 0.6) is 5.88 Å². The van der Waals surface area contributed by atoms with Gasteiger partial charge in [0.05, 0.1) is 7.11 Å². The Kier molecular flexibility index (Phi) is 4.90. The fraction of sp³-hybridized carbons (Fsp3) is 0.333. The maximum absolute atomic E-state index is 5.63. The highest BCUT2D eigenvalue weighted by Crippen LogP contribution is 2.25. The molecule has 0 amide bonds. The van der Waals surface area contributed by atoms with E-state index in [2.05, 4.69) is 46.1 Å². The van der Waals surface area contributed by atoms with Gasteiger partial charge in [-0.2, -0.15) is 0 Å². The first kappa shape index (κ1) is 14.3. The maximum Gasteiger partial charge on any atom is 0.218 e. The van der Waals surface area contributed by atoms with Gasteiger partial charge in [0.15, 0.2) is 0 Å². The fourth-order valence-corrected chi connectivity index (χ4v) is 1.94. The predicted molar refractivity (Wildman–Crippen MR) is 80.4 cm³/mol. The SMILES string of the molecule is COc1cc(N(CCCN)c2ccc(C)cc2)ncn1. The molecule has 0 saturated heterocycles. The molecule has 0 spiro atoms. The van der Waals surface area contributed by atoms with Crippen LogP contribution < -0.4 is 15.4 Å². The van der Waals surface area contributed by atoms with Crippen molar-refractivity contribution in [2.75, 3.05) is 25.1 Å². The highest BCUT2D eigenvalue weighted by Gasteiger charge is 2.11. The Morgan fingerprint density at radius 1 is 1.20 bits per heavy atom. The number of hydrogen-bond donors (Lipinski definition) is 1. The molecule has 0 saturated carbocycles. The summed E-state index contributed by atoms with van der Waals surface area (Å²) in [5, 5.41) is 0. The zero-order chi connectivity index (χ0) is 14.4. The van der Waals surface area contributed by atoms with Gasteiger partial charge >= 0.3 is 0 Å². The molecule has 0 unspecified atom stereocenters. The number of benzene rings is 1. The summed E-state index contributed by atoms with van der Waals surface area (Å²) < 4.78 is 5.16. The molecule has 2 N–H and O–H groups in total. The first-order valence-electron chi connectivity index (χ1n) is 6.65. The summed E-state index contributed by atoms with van der Waals surface area (Å²) in [5.41, 5.74) is 7.95. The van der Waals surface area contributed by atoms with Gasteiger partial charge in [0, 0.05) is 18.3 Å². The van der Waals surface area contributed by atoms with E-state index in [0.717, 1.165) is 24.5 Å². The molecule has 0 aliphatic carbocycles. The van der Waals surface area contributed by atoms with Crippen LogP contribution in [0.15, 0.2) is 36.7 Å². The number of aromatic nitrogens is 2. The Bertz CT molecular complexity index is 542. The van der Waals surface area contributed by atoms with Gasteiger partial charge in [-0.1, -0.05) is 17.7 Å². The van der Waals surface area contributed by atoms with Gasteiger partial charge in [0.1, 0.15) is 12.1 Å². The predicted octanol–water partition coefficient (Wildman–Crippen LogP) is 2.28. The first-order valence-corrected chi connectivity index (χ1v) is 6.65. The summed E-state index contributed by atoms with van der Waals surface area (Å²) in [4.78, 5) is 10.5. The van der Waals surface area contributed by atoms with Crippen LogP contribution >= 0.6 is 0 Å². The summed E-state index contributed by atoms with van der Waals surface area (Å²) >= 11 is 0. The number of anilines is 2. The second kappa shape index (κ2) is 6.86. The van der Waals surface area contributed by atoms with E-state index in [1.165, 1.54) is 11.9 Å². The van der Waals surface area contributed by atoms with Crippen molar-refractivity contribution in [3.8, 4) is 5.88 Å². The molecule has 2 aromatic rings. The average Bonchev–Trinajstić information content (AvgIpc) is 2.49. The lowest BCUT2D eigenvalue weighted by molar-refractivity contribution is 0.397. The molecule has 0 fully saturated rings. The summed E-state index contributed by atoms with van der Waals surface area (Å²) in [6, 6.07) is 10.2. The van der Waals surface area contributed by atoms with Gasteiger partial charge in [-0.3, -0.25) is 0 Å². The molecule has 20 heavy (non-hydrogen) atoms. The lowest BCUT2D eigenvalue weighted by Crippen LogP contribution is -2.22. The highest BCUT2D eigenvalue weighted by atomic mass is 16.5. The molecule has 0 aliphatic rings. The monoisotopic (exact) mass is 272 g/mol. The molecule has 1 aromatic heterocycles. The average molecular weight is 272 g/mol. The zero-order valence-corrected chi connectivity index (χ0v) is 11.9. The molecule has 1 aromatic carbocycles. The lowest BCUT2D eigenvalue weighted by atomic mass is 10.2. The molecule has 0 radical (unpaired) electrons. The molecule has 2 rings (SSSR count). The first-order chi connectivity index (χ1) is 9.74. The van der Waals surface area contributed by atoms with E-state index < -0.39 is 0 Å². The van der Waals surface area contributed by atoms with Crippen LogP contribution in [0, 0.1) is 6.92 Å². The molecular weight excluding hydrogens is 252 g/mol. The second-order valence-electron chi connectivity index (χ2n) is 4.55. The molecule has 1 heterocycles. The van der Waals surface area contributed by atoms with Crippen molar-refractivity contribution in [3.63, 3.8) is 0 Å². The third kappa shape index (κ3) is 3.45. The summed E-state index contributed by atoms with van der Waals surface area (Å²) in [7, 11) is 1.60. The van der Waals surface area contributed by atoms with Crippen molar-refractivity contribution in [2.24, 2.45) is 5.73 Å².